The van der Waals surface area contributed by atoms with Gasteiger partial charge in [-0.05, 0) is 37.8 Å². The zero-order valence-corrected chi connectivity index (χ0v) is 10.4. The van der Waals surface area contributed by atoms with Crippen molar-refractivity contribution in [2.24, 2.45) is 0 Å². The summed E-state index contributed by atoms with van der Waals surface area (Å²) in [5, 5.41) is 0. The standard InChI is InChI=1S/C14H21NO2/c1-16-14-10-12(8-9-13(14)15)17-11-6-4-2-3-5-7-11/h8-11H,2-7,15H2,1H3. The van der Waals surface area contributed by atoms with Crippen LogP contribution in [-0.4, -0.2) is 13.2 Å². The molecule has 0 amide bonds. The van der Waals surface area contributed by atoms with Gasteiger partial charge in [0.15, 0.2) is 0 Å². The van der Waals surface area contributed by atoms with E-state index in [1.807, 2.05) is 18.2 Å². The van der Waals surface area contributed by atoms with Crippen LogP contribution in [0.2, 0.25) is 0 Å². The third-order valence-corrected chi connectivity index (χ3v) is 3.31. The Labute approximate surface area is 103 Å². The molecular formula is C14H21NO2. The molecule has 0 radical (unpaired) electrons. The number of hydrogen-bond acceptors (Lipinski definition) is 3. The molecule has 0 aliphatic heterocycles. The van der Waals surface area contributed by atoms with Crippen molar-refractivity contribution in [3.8, 4) is 11.5 Å². The van der Waals surface area contributed by atoms with E-state index in [4.69, 9.17) is 15.2 Å². The second-order valence-corrected chi connectivity index (χ2v) is 4.64. The molecule has 1 aliphatic carbocycles. The van der Waals surface area contributed by atoms with Gasteiger partial charge in [0.05, 0.1) is 18.9 Å². The van der Waals surface area contributed by atoms with E-state index in [0.29, 0.717) is 17.5 Å². The maximum Gasteiger partial charge on any atom is 0.145 e. The number of anilines is 1. The fourth-order valence-corrected chi connectivity index (χ4v) is 2.32. The van der Waals surface area contributed by atoms with Crippen LogP contribution in [0, 0.1) is 0 Å². The van der Waals surface area contributed by atoms with Crippen molar-refractivity contribution in [2.45, 2.75) is 44.6 Å². The lowest BCUT2D eigenvalue weighted by atomic mass is 10.1. The highest BCUT2D eigenvalue weighted by Crippen LogP contribution is 2.29. The average molecular weight is 235 g/mol. The van der Waals surface area contributed by atoms with Crippen LogP contribution in [0.5, 0.6) is 11.5 Å². The molecule has 0 spiro atoms. The summed E-state index contributed by atoms with van der Waals surface area (Å²) in [7, 11) is 1.63. The van der Waals surface area contributed by atoms with Crippen LogP contribution in [0.15, 0.2) is 18.2 Å². The Morgan fingerprint density at radius 2 is 1.82 bits per heavy atom. The lowest BCUT2D eigenvalue weighted by molar-refractivity contribution is 0.183. The van der Waals surface area contributed by atoms with Gasteiger partial charge in [-0.25, -0.2) is 0 Å². The smallest absolute Gasteiger partial charge is 0.145 e. The number of methoxy groups -OCH3 is 1. The quantitative estimate of drug-likeness (QED) is 0.645. The molecule has 1 fully saturated rings. The zero-order chi connectivity index (χ0) is 12.1. The highest BCUT2D eigenvalue weighted by atomic mass is 16.5. The predicted molar refractivity (Wildman–Crippen MR) is 69.5 cm³/mol. The van der Waals surface area contributed by atoms with E-state index >= 15 is 0 Å². The summed E-state index contributed by atoms with van der Waals surface area (Å²) in [5.74, 6) is 1.55. The minimum absolute atomic E-state index is 0.353. The molecule has 1 aromatic carbocycles. The normalized spacial score (nSPS) is 17.5. The van der Waals surface area contributed by atoms with Gasteiger partial charge >= 0.3 is 0 Å². The largest absolute Gasteiger partial charge is 0.494 e. The fraction of sp³-hybridized carbons (Fsp3) is 0.571. The Bertz CT molecular complexity index is 357. The highest BCUT2D eigenvalue weighted by Gasteiger charge is 2.14. The van der Waals surface area contributed by atoms with Crippen molar-refractivity contribution < 1.29 is 9.47 Å². The van der Waals surface area contributed by atoms with E-state index in [1.165, 1.54) is 25.7 Å². The molecular weight excluding hydrogens is 214 g/mol. The SMILES string of the molecule is COc1cc(OC2CCCCCC2)ccc1N. The lowest BCUT2D eigenvalue weighted by Gasteiger charge is -2.17. The first-order valence-corrected chi connectivity index (χ1v) is 6.40. The molecule has 94 valence electrons. The van der Waals surface area contributed by atoms with Gasteiger partial charge in [-0.15, -0.1) is 0 Å². The Balaban J connectivity index is 2.01. The van der Waals surface area contributed by atoms with Gasteiger partial charge < -0.3 is 15.2 Å². The fourth-order valence-electron chi connectivity index (χ4n) is 2.32. The van der Waals surface area contributed by atoms with Crippen molar-refractivity contribution in [1.29, 1.82) is 0 Å². The molecule has 0 bridgehead atoms. The summed E-state index contributed by atoms with van der Waals surface area (Å²) in [4.78, 5) is 0. The van der Waals surface area contributed by atoms with E-state index in [2.05, 4.69) is 0 Å². The number of benzene rings is 1. The van der Waals surface area contributed by atoms with Crippen LogP contribution in [0.3, 0.4) is 0 Å². The minimum atomic E-state index is 0.353. The lowest BCUT2D eigenvalue weighted by Crippen LogP contribution is -2.15. The van der Waals surface area contributed by atoms with Crippen molar-refractivity contribution >= 4 is 5.69 Å². The van der Waals surface area contributed by atoms with Gasteiger partial charge in [0.2, 0.25) is 0 Å². The zero-order valence-electron chi connectivity index (χ0n) is 10.4. The molecule has 3 nitrogen and oxygen atoms in total. The Hall–Kier alpha value is -1.38. The van der Waals surface area contributed by atoms with Gasteiger partial charge in [-0.1, -0.05) is 12.8 Å². The summed E-state index contributed by atoms with van der Waals surface area (Å²) < 4.78 is 11.2. The molecule has 1 aromatic rings. The molecule has 3 heteroatoms. The van der Waals surface area contributed by atoms with Crippen LogP contribution in [-0.2, 0) is 0 Å². The van der Waals surface area contributed by atoms with E-state index in [1.54, 1.807) is 7.11 Å². The average Bonchev–Trinajstić information content (AvgIpc) is 2.60. The number of rotatable bonds is 3. The van der Waals surface area contributed by atoms with Crippen LogP contribution in [0.1, 0.15) is 38.5 Å². The molecule has 17 heavy (non-hydrogen) atoms. The Morgan fingerprint density at radius 3 is 2.47 bits per heavy atom. The maximum atomic E-state index is 6.00. The second kappa shape index (κ2) is 5.80. The van der Waals surface area contributed by atoms with Gasteiger partial charge in [-0.3, -0.25) is 0 Å². The van der Waals surface area contributed by atoms with Gasteiger partial charge in [0.25, 0.3) is 0 Å². The summed E-state index contributed by atoms with van der Waals surface area (Å²) in [5.41, 5.74) is 6.43. The molecule has 0 saturated heterocycles. The summed E-state index contributed by atoms with van der Waals surface area (Å²) in [6.07, 6.45) is 7.90. The van der Waals surface area contributed by atoms with Crippen molar-refractivity contribution in [3.63, 3.8) is 0 Å². The third-order valence-electron chi connectivity index (χ3n) is 3.31. The second-order valence-electron chi connectivity index (χ2n) is 4.64. The molecule has 0 aromatic heterocycles. The van der Waals surface area contributed by atoms with E-state index in [-0.39, 0.29) is 0 Å². The number of nitrogens with two attached hydrogens (primary N) is 1. The first-order chi connectivity index (χ1) is 8.29. The first kappa shape index (κ1) is 12.1. The number of nitrogen functional groups attached to an aromatic ring is 1. The molecule has 1 aliphatic rings. The van der Waals surface area contributed by atoms with Gasteiger partial charge in [0.1, 0.15) is 11.5 Å². The van der Waals surface area contributed by atoms with Crippen LogP contribution >= 0.6 is 0 Å². The van der Waals surface area contributed by atoms with Gasteiger partial charge in [-0.2, -0.15) is 0 Å². The van der Waals surface area contributed by atoms with Crippen molar-refractivity contribution in [1.82, 2.24) is 0 Å². The van der Waals surface area contributed by atoms with Crippen LogP contribution in [0.4, 0.5) is 5.69 Å². The van der Waals surface area contributed by atoms with Crippen molar-refractivity contribution in [3.05, 3.63) is 18.2 Å². The van der Waals surface area contributed by atoms with E-state index < -0.39 is 0 Å². The molecule has 0 heterocycles. The monoisotopic (exact) mass is 235 g/mol. The Kier molecular flexibility index (Phi) is 4.13. The van der Waals surface area contributed by atoms with Gasteiger partial charge in [0, 0.05) is 6.07 Å². The third kappa shape index (κ3) is 3.29. The van der Waals surface area contributed by atoms with E-state index in [9.17, 15) is 0 Å². The first-order valence-electron chi connectivity index (χ1n) is 6.40. The van der Waals surface area contributed by atoms with E-state index in [0.717, 1.165) is 18.6 Å². The molecule has 0 atom stereocenters. The molecule has 1 saturated carbocycles. The molecule has 2 N–H and O–H groups in total. The topological polar surface area (TPSA) is 44.5 Å². The molecule has 0 unspecified atom stereocenters. The highest BCUT2D eigenvalue weighted by molar-refractivity contribution is 5.55. The number of hydrogen-bond donors (Lipinski definition) is 1. The summed E-state index contributed by atoms with van der Waals surface area (Å²) in [6.45, 7) is 0. The molecule has 2 rings (SSSR count). The maximum absolute atomic E-state index is 6.00. The summed E-state index contributed by atoms with van der Waals surface area (Å²) in [6, 6.07) is 5.63. The predicted octanol–water partition coefficient (Wildman–Crippen LogP) is 3.38. The Morgan fingerprint density at radius 1 is 1.12 bits per heavy atom. The van der Waals surface area contributed by atoms with Crippen molar-refractivity contribution in [2.75, 3.05) is 12.8 Å². The minimum Gasteiger partial charge on any atom is -0.494 e. The number of ether oxygens (including phenoxy) is 2. The summed E-state index contributed by atoms with van der Waals surface area (Å²) >= 11 is 0. The van der Waals surface area contributed by atoms with Crippen LogP contribution < -0.4 is 15.2 Å². The van der Waals surface area contributed by atoms with Crippen LogP contribution in [0.25, 0.3) is 0 Å².